The van der Waals surface area contributed by atoms with Crippen LogP contribution in [-0.4, -0.2) is 5.91 Å². The van der Waals surface area contributed by atoms with Gasteiger partial charge in [-0.15, -0.1) is 0 Å². The summed E-state index contributed by atoms with van der Waals surface area (Å²) in [5, 5.41) is 13.0. The Morgan fingerprint density at radius 1 is 1.06 bits per heavy atom. The molecule has 0 atom stereocenters. The highest BCUT2D eigenvalue weighted by Gasteiger charge is 2.14. The molecule has 1 N–H and O–H groups in total. The second-order valence-corrected chi connectivity index (χ2v) is 8.77. The van der Waals surface area contributed by atoms with Gasteiger partial charge in [-0.25, -0.2) is 0 Å². The monoisotopic (exact) mass is 558 g/mol. The van der Waals surface area contributed by atoms with Gasteiger partial charge in [-0.05, 0) is 57.4 Å². The fraction of sp³-hybridized carbons (Fsp3) is 0.0833. The molecule has 0 saturated heterocycles. The number of carbonyl (C=O) groups is 1. The predicted molar refractivity (Wildman–Crippen MR) is 130 cm³/mol. The van der Waals surface area contributed by atoms with Crippen molar-refractivity contribution in [3.63, 3.8) is 0 Å². The van der Waals surface area contributed by atoms with Crippen molar-refractivity contribution in [3.05, 3.63) is 103 Å². The third kappa shape index (κ3) is 6.70. The lowest BCUT2D eigenvalue weighted by molar-refractivity contribution is -0.117. The molecule has 7 heteroatoms. The summed E-state index contributed by atoms with van der Waals surface area (Å²) in [6.45, 7) is 0.614. The number of hydrogen-bond donors (Lipinski definition) is 1. The first kappa shape index (κ1) is 23.1. The SMILES string of the molecule is N#C/C(=C\c1cc(Br)cc(Br)c1OCc1cccc(Cl)c1)C(=O)NCc1ccccc1. The van der Waals surface area contributed by atoms with E-state index in [-0.39, 0.29) is 12.2 Å². The van der Waals surface area contributed by atoms with Gasteiger partial charge in [0.05, 0.1) is 4.47 Å². The highest BCUT2D eigenvalue weighted by molar-refractivity contribution is 9.11. The van der Waals surface area contributed by atoms with Gasteiger partial charge in [-0.2, -0.15) is 5.26 Å². The Kier molecular flexibility index (Phi) is 8.30. The van der Waals surface area contributed by atoms with Gasteiger partial charge in [0.1, 0.15) is 24.0 Å². The summed E-state index contributed by atoms with van der Waals surface area (Å²) in [5.41, 5.74) is 2.42. The Bertz CT molecular complexity index is 1160. The summed E-state index contributed by atoms with van der Waals surface area (Å²) < 4.78 is 7.48. The van der Waals surface area contributed by atoms with Crippen LogP contribution in [0.25, 0.3) is 6.08 Å². The molecule has 0 aliphatic carbocycles. The smallest absolute Gasteiger partial charge is 0.262 e. The molecule has 0 unspecified atom stereocenters. The number of rotatable bonds is 7. The average Bonchev–Trinajstić information content (AvgIpc) is 2.75. The zero-order valence-corrected chi connectivity index (χ0v) is 20.2. The van der Waals surface area contributed by atoms with Crippen LogP contribution in [-0.2, 0) is 17.9 Å². The van der Waals surface area contributed by atoms with Crippen LogP contribution in [0.5, 0.6) is 5.75 Å². The van der Waals surface area contributed by atoms with Crippen molar-refractivity contribution in [2.24, 2.45) is 0 Å². The minimum Gasteiger partial charge on any atom is -0.487 e. The first-order valence-corrected chi connectivity index (χ1v) is 11.2. The first-order chi connectivity index (χ1) is 15.0. The van der Waals surface area contributed by atoms with Crippen molar-refractivity contribution in [1.29, 1.82) is 5.26 Å². The molecule has 0 aliphatic heterocycles. The number of carbonyl (C=O) groups excluding carboxylic acids is 1. The van der Waals surface area contributed by atoms with Gasteiger partial charge in [-0.3, -0.25) is 4.79 Å². The minimum absolute atomic E-state index is 0.0199. The van der Waals surface area contributed by atoms with Gasteiger partial charge < -0.3 is 10.1 Å². The fourth-order valence-corrected chi connectivity index (χ4v) is 4.39. The largest absolute Gasteiger partial charge is 0.487 e. The number of hydrogen-bond acceptors (Lipinski definition) is 3. The zero-order valence-electron chi connectivity index (χ0n) is 16.2. The maximum Gasteiger partial charge on any atom is 0.262 e. The van der Waals surface area contributed by atoms with Gasteiger partial charge >= 0.3 is 0 Å². The first-order valence-electron chi connectivity index (χ1n) is 9.26. The second kappa shape index (κ2) is 11.1. The zero-order chi connectivity index (χ0) is 22.2. The molecule has 0 saturated carbocycles. The Hall–Kier alpha value is -2.59. The molecule has 3 aromatic rings. The average molecular weight is 561 g/mol. The molecule has 0 aromatic heterocycles. The molecule has 0 bridgehead atoms. The fourth-order valence-electron chi connectivity index (χ4n) is 2.80. The summed E-state index contributed by atoms with van der Waals surface area (Å²) in [7, 11) is 0. The lowest BCUT2D eigenvalue weighted by Crippen LogP contribution is -2.23. The Balaban J connectivity index is 1.82. The van der Waals surface area contributed by atoms with E-state index in [9.17, 15) is 10.1 Å². The van der Waals surface area contributed by atoms with E-state index in [1.54, 1.807) is 12.1 Å². The van der Waals surface area contributed by atoms with Gasteiger partial charge in [0.15, 0.2) is 0 Å². The Morgan fingerprint density at radius 2 is 1.81 bits per heavy atom. The van der Waals surface area contributed by atoms with Gasteiger partial charge in [0, 0.05) is 21.6 Å². The topological polar surface area (TPSA) is 62.1 Å². The molecule has 0 aliphatic rings. The van der Waals surface area contributed by atoms with Gasteiger partial charge in [-0.1, -0.05) is 70.0 Å². The van der Waals surface area contributed by atoms with Crippen molar-refractivity contribution in [3.8, 4) is 11.8 Å². The maximum atomic E-state index is 12.6. The van der Waals surface area contributed by atoms with E-state index in [1.807, 2.05) is 60.7 Å². The summed E-state index contributed by atoms with van der Waals surface area (Å²) in [6.07, 6.45) is 1.52. The number of nitrogens with one attached hydrogen (secondary N) is 1. The van der Waals surface area contributed by atoms with Crippen molar-refractivity contribution < 1.29 is 9.53 Å². The van der Waals surface area contributed by atoms with Crippen LogP contribution < -0.4 is 10.1 Å². The number of halogens is 3. The molecule has 3 aromatic carbocycles. The molecule has 156 valence electrons. The molecular weight excluding hydrogens is 544 g/mol. The van der Waals surface area contributed by atoms with E-state index < -0.39 is 5.91 Å². The highest BCUT2D eigenvalue weighted by Crippen LogP contribution is 2.35. The van der Waals surface area contributed by atoms with E-state index in [4.69, 9.17) is 16.3 Å². The maximum absolute atomic E-state index is 12.6. The normalized spacial score (nSPS) is 11.0. The van der Waals surface area contributed by atoms with Crippen molar-refractivity contribution >= 4 is 55.4 Å². The minimum atomic E-state index is -0.455. The Labute approximate surface area is 202 Å². The van der Waals surface area contributed by atoms with Crippen LogP contribution in [0.15, 0.2) is 81.2 Å². The van der Waals surface area contributed by atoms with E-state index in [0.29, 0.717) is 27.4 Å². The number of ether oxygens (including phenoxy) is 1. The number of nitrogens with zero attached hydrogens (tertiary/aromatic N) is 1. The van der Waals surface area contributed by atoms with Crippen molar-refractivity contribution in [2.75, 3.05) is 0 Å². The molecule has 0 radical (unpaired) electrons. The van der Waals surface area contributed by atoms with Crippen molar-refractivity contribution in [1.82, 2.24) is 5.32 Å². The van der Waals surface area contributed by atoms with Gasteiger partial charge in [0.25, 0.3) is 5.91 Å². The van der Waals surface area contributed by atoms with Crippen LogP contribution in [0.3, 0.4) is 0 Å². The van der Waals surface area contributed by atoms with E-state index >= 15 is 0 Å². The highest BCUT2D eigenvalue weighted by atomic mass is 79.9. The van der Waals surface area contributed by atoms with E-state index in [1.165, 1.54) is 6.08 Å². The van der Waals surface area contributed by atoms with Crippen LogP contribution >= 0.6 is 43.5 Å². The van der Waals surface area contributed by atoms with Gasteiger partial charge in [0.2, 0.25) is 0 Å². The second-order valence-electron chi connectivity index (χ2n) is 6.56. The molecule has 31 heavy (non-hydrogen) atoms. The number of benzene rings is 3. The summed E-state index contributed by atoms with van der Waals surface area (Å²) in [4.78, 5) is 12.6. The quantitative estimate of drug-likeness (QED) is 0.259. The molecule has 0 heterocycles. The predicted octanol–water partition coefficient (Wildman–Crippen LogP) is 6.67. The standard InChI is InChI=1S/C24H17Br2ClN2O2/c25-20-11-18(10-19(13-28)24(30)29-14-16-5-2-1-3-6-16)23(22(26)12-20)31-15-17-7-4-8-21(27)9-17/h1-12H,14-15H2,(H,29,30)/b19-10+. The van der Waals surface area contributed by atoms with Crippen LogP contribution in [0.1, 0.15) is 16.7 Å². The molecule has 3 rings (SSSR count). The third-order valence-corrected chi connectivity index (χ3v) is 5.55. The summed E-state index contributed by atoms with van der Waals surface area (Å²) in [6, 6.07) is 22.5. The summed E-state index contributed by atoms with van der Waals surface area (Å²) >= 11 is 13.0. The molecule has 0 spiro atoms. The van der Waals surface area contributed by atoms with Crippen LogP contribution in [0.4, 0.5) is 0 Å². The molecule has 0 fully saturated rings. The lowest BCUT2D eigenvalue weighted by atomic mass is 10.1. The Morgan fingerprint density at radius 3 is 2.52 bits per heavy atom. The third-order valence-electron chi connectivity index (χ3n) is 4.27. The number of amides is 1. The lowest BCUT2D eigenvalue weighted by Gasteiger charge is -2.13. The summed E-state index contributed by atoms with van der Waals surface area (Å²) in [5.74, 6) is 0.0648. The van der Waals surface area contributed by atoms with E-state index in [2.05, 4.69) is 37.2 Å². The van der Waals surface area contributed by atoms with E-state index in [0.717, 1.165) is 15.6 Å². The number of nitriles is 1. The van der Waals surface area contributed by atoms with Crippen molar-refractivity contribution in [2.45, 2.75) is 13.2 Å². The molecule has 4 nitrogen and oxygen atoms in total. The molecule has 1 amide bonds. The van der Waals surface area contributed by atoms with Crippen LogP contribution in [0.2, 0.25) is 5.02 Å². The van der Waals surface area contributed by atoms with Crippen LogP contribution in [0, 0.1) is 11.3 Å². The molecular formula is C24H17Br2ClN2O2.